The predicted octanol–water partition coefficient (Wildman–Crippen LogP) is 3.87. The lowest BCUT2D eigenvalue weighted by Crippen LogP contribution is -2.62. The van der Waals surface area contributed by atoms with Crippen molar-refractivity contribution in [1.29, 1.82) is 5.26 Å². The zero-order valence-corrected chi connectivity index (χ0v) is 18.1. The van der Waals surface area contributed by atoms with Gasteiger partial charge in [-0.1, -0.05) is 24.3 Å². The number of hydrogen-bond acceptors (Lipinski definition) is 6. The lowest BCUT2D eigenvalue weighted by molar-refractivity contribution is -0.132. The minimum absolute atomic E-state index is 0.294. The molecule has 31 heavy (non-hydrogen) atoms. The fourth-order valence-electron chi connectivity index (χ4n) is 3.76. The van der Waals surface area contributed by atoms with E-state index in [1.165, 1.54) is 18.4 Å². The largest absolute Gasteiger partial charge is 0.497 e. The van der Waals surface area contributed by atoms with Crippen LogP contribution in [0.5, 0.6) is 5.75 Å². The summed E-state index contributed by atoms with van der Waals surface area (Å²) in [5, 5.41) is 12.9. The first-order valence-corrected chi connectivity index (χ1v) is 10.4. The number of methoxy groups -OCH3 is 1. The molecule has 2 heterocycles. The standard InChI is InChI=1S/C23H20N4O3S/c1-23(18-13-25-20(31-18)16-6-4-5-14(11-16)12-24)19(21(28)27(2)22(29)26-23)15-7-9-17(30-3)10-8-15/h4-11,13,19H,1-3H3,(H,26,29)/t19?,23-/m1/s1. The maximum atomic E-state index is 13.2. The molecule has 156 valence electrons. The predicted molar refractivity (Wildman–Crippen MR) is 117 cm³/mol. The van der Waals surface area contributed by atoms with E-state index in [0.717, 1.165) is 20.9 Å². The van der Waals surface area contributed by atoms with E-state index in [1.807, 2.05) is 25.1 Å². The average Bonchev–Trinajstić information content (AvgIpc) is 3.29. The van der Waals surface area contributed by atoms with Gasteiger partial charge in [0.1, 0.15) is 10.8 Å². The number of hydrogen-bond donors (Lipinski definition) is 1. The van der Waals surface area contributed by atoms with Crippen molar-refractivity contribution in [3.63, 3.8) is 0 Å². The molecule has 1 fully saturated rings. The van der Waals surface area contributed by atoms with Crippen LogP contribution in [-0.4, -0.2) is 36.0 Å². The molecule has 1 aliphatic heterocycles. The van der Waals surface area contributed by atoms with Gasteiger partial charge >= 0.3 is 6.03 Å². The summed E-state index contributed by atoms with van der Waals surface area (Å²) >= 11 is 1.39. The van der Waals surface area contributed by atoms with Crippen molar-refractivity contribution in [2.45, 2.75) is 18.4 Å². The van der Waals surface area contributed by atoms with E-state index in [2.05, 4.69) is 16.4 Å². The monoisotopic (exact) mass is 432 g/mol. The first-order valence-electron chi connectivity index (χ1n) is 9.58. The van der Waals surface area contributed by atoms with E-state index in [4.69, 9.17) is 4.74 Å². The molecule has 3 amide bonds. The number of ether oxygens (including phenoxy) is 1. The highest BCUT2D eigenvalue weighted by atomic mass is 32.1. The summed E-state index contributed by atoms with van der Waals surface area (Å²) in [4.78, 5) is 32.2. The van der Waals surface area contributed by atoms with Crippen LogP contribution in [0.2, 0.25) is 0 Å². The molecule has 3 aromatic rings. The van der Waals surface area contributed by atoms with Crippen molar-refractivity contribution in [2.24, 2.45) is 0 Å². The van der Waals surface area contributed by atoms with Gasteiger partial charge < -0.3 is 10.1 Å². The van der Waals surface area contributed by atoms with Crippen LogP contribution in [0.4, 0.5) is 4.79 Å². The topological polar surface area (TPSA) is 95.3 Å². The van der Waals surface area contributed by atoms with Crippen molar-refractivity contribution in [1.82, 2.24) is 15.2 Å². The summed E-state index contributed by atoms with van der Waals surface area (Å²) in [6.45, 7) is 1.84. The molecule has 0 bridgehead atoms. The summed E-state index contributed by atoms with van der Waals surface area (Å²) in [5.74, 6) is -0.249. The number of rotatable bonds is 4. The number of nitrogens with one attached hydrogen (secondary N) is 1. The summed E-state index contributed by atoms with van der Waals surface area (Å²) in [7, 11) is 3.05. The number of amides is 3. The quantitative estimate of drug-likeness (QED) is 0.675. The fourth-order valence-corrected chi connectivity index (χ4v) is 4.81. The lowest BCUT2D eigenvalue weighted by atomic mass is 9.77. The second-order valence-electron chi connectivity index (χ2n) is 7.46. The number of urea groups is 1. The third-order valence-electron chi connectivity index (χ3n) is 5.53. The van der Waals surface area contributed by atoms with Crippen molar-refractivity contribution in [2.75, 3.05) is 14.2 Å². The molecule has 0 saturated carbocycles. The summed E-state index contributed by atoms with van der Waals surface area (Å²) in [6.07, 6.45) is 1.69. The van der Waals surface area contributed by atoms with Gasteiger partial charge in [0.15, 0.2) is 0 Å². The maximum Gasteiger partial charge on any atom is 0.324 e. The molecule has 1 N–H and O–H groups in total. The smallest absolute Gasteiger partial charge is 0.324 e. The van der Waals surface area contributed by atoms with Crippen LogP contribution in [0.1, 0.15) is 28.8 Å². The van der Waals surface area contributed by atoms with Crippen LogP contribution in [-0.2, 0) is 10.3 Å². The minimum atomic E-state index is -0.988. The third-order valence-corrected chi connectivity index (χ3v) is 6.82. The van der Waals surface area contributed by atoms with Crippen LogP contribution < -0.4 is 10.1 Å². The fraction of sp³-hybridized carbons (Fsp3) is 0.217. The Hall–Kier alpha value is -3.70. The van der Waals surface area contributed by atoms with Crippen LogP contribution in [0, 0.1) is 11.3 Å². The molecule has 1 saturated heterocycles. The molecule has 1 aliphatic rings. The number of nitriles is 1. The second-order valence-corrected chi connectivity index (χ2v) is 8.49. The van der Waals surface area contributed by atoms with Crippen LogP contribution in [0.15, 0.2) is 54.7 Å². The van der Waals surface area contributed by atoms with Gasteiger partial charge in [-0.05, 0) is 36.8 Å². The number of imide groups is 1. The molecule has 2 aromatic carbocycles. The van der Waals surface area contributed by atoms with Gasteiger partial charge in [-0.3, -0.25) is 9.69 Å². The number of thiazole rings is 1. The normalized spacial score (nSPS) is 20.8. The zero-order valence-electron chi connectivity index (χ0n) is 17.2. The first-order chi connectivity index (χ1) is 14.9. The molecule has 8 heteroatoms. The number of aromatic nitrogens is 1. The van der Waals surface area contributed by atoms with Crippen molar-refractivity contribution < 1.29 is 14.3 Å². The van der Waals surface area contributed by atoms with Gasteiger partial charge in [-0.25, -0.2) is 9.78 Å². The number of nitrogens with zero attached hydrogens (tertiary/aromatic N) is 3. The number of likely N-dealkylation sites (N-methyl/N-ethyl adjacent to an activating group) is 1. The molecular weight excluding hydrogens is 412 g/mol. The molecule has 1 unspecified atom stereocenters. The van der Waals surface area contributed by atoms with Gasteiger partial charge in [0.2, 0.25) is 5.91 Å². The molecule has 0 radical (unpaired) electrons. The van der Waals surface area contributed by atoms with Gasteiger partial charge in [0, 0.05) is 18.8 Å². The molecule has 1 aromatic heterocycles. The van der Waals surface area contributed by atoms with E-state index >= 15 is 0 Å². The Labute approximate surface area is 183 Å². The van der Waals surface area contributed by atoms with Crippen LogP contribution >= 0.6 is 11.3 Å². The van der Waals surface area contributed by atoms with E-state index < -0.39 is 17.5 Å². The average molecular weight is 433 g/mol. The Morgan fingerprint density at radius 1 is 1.23 bits per heavy atom. The molecule has 2 atom stereocenters. The van der Waals surface area contributed by atoms with Gasteiger partial charge in [0.25, 0.3) is 0 Å². The highest BCUT2D eigenvalue weighted by Gasteiger charge is 2.50. The summed E-state index contributed by atoms with van der Waals surface area (Å²) in [6, 6.07) is 16.1. The van der Waals surface area contributed by atoms with E-state index in [9.17, 15) is 14.9 Å². The number of carbonyl (C=O) groups is 2. The SMILES string of the molecule is COc1ccc(C2C(=O)N(C)C(=O)N[C@]2(C)c2cnc(-c3cccc(C#N)c3)s2)cc1. The van der Waals surface area contributed by atoms with Gasteiger partial charge in [-0.15, -0.1) is 11.3 Å². The van der Waals surface area contributed by atoms with Gasteiger partial charge in [-0.2, -0.15) is 5.26 Å². The van der Waals surface area contributed by atoms with Crippen LogP contribution in [0.3, 0.4) is 0 Å². The lowest BCUT2D eigenvalue weighted by Gasteiger charge is -2.43. The summed E-state index contributed by atoms with van der Waals surface area (Å²) < 4.78 is 5.23. The molecule has 4 rings (SSSR count). The van der Waals surface area contributed by atoms with E-state index in [1.54, 1.807) is 43.6 Å². The molecule has 0 spiro atoms. The van der Waals surface area contributed by atoms with E-state index in [-0.39, 0.29) is 5.91 Å². The maximum absolute atomic E-state index is 13.2. The zero-order chi connectivity index (χ0) is 22.2. The molecule has 7 nitrogen and oxygen atoms in total. The number of carbonyl (C=O) groups excluding carboxylic acids is 2. The highest BCUT2D eigenvalue weighted by Crippen LogP contribution is 2.44. The Morgan fingerprint density at radius 3 is 2.65 bits per heavy atom. The van der Waals surface area contributed by atoms with Gasteiger partial charge in [0.05, 0.1) is 35.1 Å². The van der Waals surface area contributed by atoms with Crippen molar-refractivity contribution in [3.05, 3.63) is 70.7 Å². The van der Waals surface area contributed by atoms with Crippen molar-refractivity contribution in [3.8, 4) is 22.4 Å². The Kier molecular flexibility index (Phi) is 5.21. The Balaban J connectivity index is 1.79. The minimum Gasteiger partial charge on any atom is -0.497 e. The second kappa shape index (κ2) is 7.85. The Bertz CT molecular complexity index is 1200. The number of benzene rings is 2. The van der Waals surface area contributed by atoms with Crippen LogP contribution in [0.25, 0.3) is 10.6 Å². The summed E-state index contributed by atoms with van der Waals surface area (Å²) in [5.41, 5.74) is 1.13. The van der Waals surface area contributed by atoms with E-state index in [0.29, 0.717) is 16.3 Å². The molecule has 0 aliphatic carbocycles. The Morgan fingerprint density at radius 2 is 1.97 bits per heavy atom. The third kappa shape index (κ3) is 3.53. The van der Waals surface area contributed by atoms with Crippen molar-refractivity contribution >= 4 is 23.3 Å². The molecular formula is C23H20N4O3S. The highest BCUT2D eigenvalue weighted by molar-refractivity contribution is 7.15. The first kappa shape index (κ1) is 20.6.